The monoisotopic (exact) mass is 524 g/mol. The second kappa shape index (κ2) is 11.1. The first-order chi connectivity index (χ1) is 18.9. The molecule has 0 saturated carbocycles. The number of rotatable bonds is 9. The van der Waals surface area contributed by atoms with Crippen molar-refractivity contribution < 1.29 is 19.4 Å². The Morgan fingerprint density at radius 3 is 2.54 bits per heavy atom. The maximum atomic E-state index is 13.5. The molecular formula is C31H32N4O4. The van der Waals surface area contributed by atoms with Crippen molar-refractivity contribution in [2.75, 3.05) is 6.61 Å². The molecule has 4 aromatic rings. The minimum Gasteiger partial charge on any atom is -0.505 e. The number of likely N-dealkylation sites (tertiary alicyclic amines) is 1. The molecule has 1 N–H and O–H groups in total. The van der Waals surface area contributed by atoms with Crippen LogP contribution in [0.25, 0.3) is 11.4 Å². The van der Waals surface area contributed by atoms with E-state index in [1.54, 1.807) is 18.5 Å². The summed E-state index contributed by atoms with van der Waals surface area (Å²) in [4.78, 5) is 37.2. The Bertz CT molecular complexity index is 1540. The summed E-state index contributed by atoms with van der Waals surface area (Å²) in [6.07, 6.45) is 8.37. The number of carbonyl (C=O) groups excluding carboxylic acids is 2. The van der Waals surface area contributed by atoms with Crippen LogP contribution in [0.3, 0.4) is 0 Å². The van der Waals surface area contributed by atoms with E-state index in [1.807, 2.05) is 66.9 Å². The number of ether oxygens (including phenoxy) is 1. The lowest BCUT2D eigenvalue weighted by Gasteiger charge is -2.25. The van der Waals surface area contributed by atoms with Crippen LogP contribution >= 0.6 is 0 Å². The minimum atomic E-state index is -0.801. The van der Waals surface area contributed by atoms with E-state index in [4.69, 9.17) is 4.74 Å². The van der Waals surface area contributed by atoms with Gasteiger partial charge in [0.15, 0.2) is 5.76 Å². The van der Waals surface area contributed by atoms with E-state index >= 15 is 0 Å². The van der Waals surface area contributed by atoms with Crippen molar-refractivity contribution in [3.63, 3.8) is 0 Å². The van der Waals surface area contributed by atoms with Crippen molar-refractivity contribution in [1.29, 1.82) is 0 Å². The minimum absolute atomic E-state index is 0.0182. The van der Waals surface area contributed by atoms with Crippen molar-refractivity contribution in [3.05, 3.63) is 101 Å². The van der Waals surface area contributed by atoms with Crippen LogP contribution in [0.5, 0.6) is 5.75 Å². The van der Waals surface area contributed by atoms with Crippen LogP contribution in [0.4, 0.5) is 0 Å². The zero-order chi connectivity index (χ0) is 27.5. The number of carbonyl (C=O) groups is 2. The Hall–Kier alpha value is -4.46. The van der Waals surface area contributed by atoms with Gasteiger partial charge in [0.2, 0.25) is 0 Å². The van der Waals surface area contributed by atoms with Gasteiger partial charge in [-0.2, -0.15) is 0 Å². The van der Waals surface area contributed by atoms with Crippen molar-refractivity contribution in [2.45, 2.75) is 52.6 Å². The standard InChI is InChI=1S/C31H32N4O4/c1-4-5-6-17-39-24-13-11-23(12-14-24)27-25(29(37)31(38)35(27)19-22-10-7-15-32-18-22)28(36)26-21(3)34-16-8-9-20(2)30(34)33-26/h7-16,18,27,36H,4-6,17,19H2,1-3H3/b28-25+. The van der Waals surface area contributed by atoms with E-state index in [0.717, 1.165) is 30.4 Å². The van der Waals surface area contributed by atoms with Gasteiger partial charge in [-0.15, -0.1) is 0 Å². The molecule has 1 aliphatic heterocycles. The van der Waals surface area contributed by atoms with Gasteiger partial charge in [-0.05, 0) is 61.2 Å². The molecule has 1 atom stereocenters. The lowest BCUT2D eigenvalue weighted by molar-refractivity contribution is -0.140. The molecule has 0 bridgehead atoms. The zero-order valence-corrected chi connectivity index (χ0v) is 22.4. The second-order valence-electron chi connectivity index (χ2n) is 9.84. The molecule has 8 nitrogen and oxygen atoms in total. The van der Waals surface area contributed by atoms with E-state index < -0.39 is 17.7 Å². The predicted octanol–water partition coefficient (Wildman–Crippen LogP) is 5.54. The van der Waals surface area contributed by atoms with E-state index in [9.17, 15) is 14.7 Å². The molecular weight excluding hydrogens is 492 g/mol. The number of nitrogens with zero attached hydrogens (tertiary/aromatic N) is 4. The first-order valence-corrected chi connectivity index (χ1v) is 13.3. The Kier molecular flexibility index (Phi) is 7.45. The number of imidazole rings is 1. The molecule has 0 aliphatic carbocycles. The largest absolute Gasteiger partial charge is 0.505 e. The van der Waals surface area contributed by atoms with Gasteiger partial charge in [0.05, 0.1) is 23.9 Å². The van der Waals surface area contributed by atoms with Crippen LogP contribution in [-0.4, -0.2) is 42.7 Å². The molecule has 1 fully saturated rings. The highest BCUT2D eigenvalue weighted by atomic mass is 16.5. The zero-order valence-electron chi connectivity index (χ0n) is 22.4. The topological polar surface area (TPSA) is 97.0 Å². The van der Waals surface area contributed by atoms with Crippen LogP contribution in [0.15, 0.2) is 72.7 Å². The van der Waals surface area contributed by atoms with Gasteiger partial charge in [0.1, 0.15) is 17.1 Å². The number of aliphatic hydroxyl groups excluding tert-OH is 1. The first kappa shape index (κ1) is 26.2. The molecule has 1 unspecified atom stereocenters. The van der Waals surface area contributed by atoms with Crippen molar-refractivity contribution in [3.8, 4) is 5.75 Å². The van der Waals surface area contributed by atoms with E-state index in [2.05, 4.69) is 16.9 Å². The average molecular weight is 525 g/mol. The SMILES string of the molecule is CCCCCOc1ccc(C2/C(=C(\O)c3nc4c(C)cccn4c3C)C(=O)C(=O)N2Cc2cccnc2)cc1. The summed E-state index contributed by atoms with van der Waals surface area (Å²) in [5.74, 6) is -0.990. The Balaban J connectivity index is 1.59. The molecule has 1 aliphatic rings. The van der Waals surface area contributed by atoms with Crippen molar-refractivity contribution in [2.24, 2.45) is 0 Å². The van der Waals surface area contributed by atoms with Crippen LogP contribution in [-0.2, 0) is 16.1 Å². The van der Waals surface area contributed by atoms with Gasteiger partial charge in [-0.3, -0.25) is 14.6 Å². The summed E-state index contributed by atoms with van der Waals surface area (Å²) < 4.78 is 7.74. The van der Waals surface area contributed by atoms with Gasteiger partial charge in [0, 0.05) is 25.1 Å². The lowest BCUT2D eigenvalue weighted by atomic mass is 9.96. The third-order valence-electron chi connectivity index (χ3n) is 7.14. The number of fused-ring (bicyclic) bond motifs is 1. The molecule has 0 spiro atoms. The smallest absolute Gasteiger partial charge is 0.295 e. The summed E-state index contributed by atoms with van der Waals surface area (Å²) in [6, 6.07) is 14.0. The molecule has 5 rings (SSSR count). The number of hydrogen-bond acceptors (Lipinski definition) is 6. The maximum absolute atomic E-state index is 13.5. The molecule has 3 aromatic heterocycles. The van der Waals surface area contributed by atoms with Gasteiger partial charge in [-0.1, -0.05) is 44.0 Å². The van der Waals surface area contributed by atoms with Crippen LogP contribution in [0.1, 0.15) is 60.3 Å². The normalized spacial score (nSPS) is 16.8. The van der Waals surface area contributed by atoms with Crippen molar-refractivity contribution in [1.82, 2.24) is 19.3 Å². The highest BCUT2D eigenvalue weighted by Gasteiger charge is 2.46. The molecule has 0 radical (unpaired) electrons. The van der Waals surface area contributed by atoms with Gasteiger partial charge in [-0.25, -0.2) is 4.98 Å². The highest BCUT2D eigenvalue weighted by molar-refractivity contribution is 6.46. The summed E-state index contributed by atoms with van der Waals surface area (Å²) in [5.41, 5.74) is 4.07. The Morgan fingerprint density at radius 1 is 1.05 bits per heavy atom. The number of aromatic nitrogens is 3. The summed E-state index contributed by atoms with van der Waals surface area (Å²) in [7, 11) is 0. The molecule has 4 heterocycles. The number of aryl methyl sites for hydroxylation is 2. The fourth-order valence-electron chi connectivity index (χ4n) is 5.04. The number of aliphatic hydroxyl groups is 1. The molecule has 200 valence electrons. The number of Topliss-reactive ketones (excluding diaryl/α,β-unsaturated/α-hetero) is 1. The third kappa shape index (κ3) is 5.02. The lowest BCUT2D eigenvalue weighted by Crippen LogP contribution is -2.29. The Labute approximate surface area is 227 Å². The van der Waals surface area contributed by atoms with Gasteiger partial charge < -0.3 is 19.1 Å². The Morgan fingerprint density at radius 2 is 1.85 bits per heavy atom. The number of ketones is 1. The van der Waals surface area contributed by atoms with Crippen LogP contribution in [0, 0.1) is 13.8 Å². The van der Waals surface area contributed by atoms with Gasteiger partial charge in [0.25, 0.3) is 11.7 Å². The predicted molar refractivity (Wildman–Crippen MR) is 148 cm³/mol. The number of unbranched alkanes of at least 4 members (excludes halogenated alkanes) is 2. The van der Waals surface area contributed by atoms with Crippen LogP contribution in [0.2, 0.25) is 0 Å². The van der Waals surface area contributed by atoms with Gasteiger partial charge >= 0.3 is 0 Å². The number of benzene rings is 1. The fraction of sp³-hybridized carbons (Fsp3) is 0.290. The highest BCUT2D eigenvalue weighted by Crippen LogP contribution is 2.41. The summed E-state index contributed by atoms with van der Waals surface area (Å²) in [5, 5.41) is 11.6. The van der Waals surface area contributed by atoms with E-state index in [0.29, 0.717) is 29.3 Å². The van der Waals surface area contributed by atoms with Crippen LogP contribution < -0.4 is 4.74 Å². The van der Waals surface area contributed by atoms with E-state index in [1.165, 1.54) is 4.90 Å². The number of pyridine rings is 2. The summed E-state index contributed by atoms with van der Waals surface area (Å²) in [6.45, 7) is 6.70. The fourth-order valence-corrected chi connectivity index (χ4v) is 5.04. The quantitative estimate of drug-likeness (QED) is 0.134. The summed E-state index contributed by atoms with van der Waals surface area (Å²) >= 11 is 0. The molecule has 8 heteroatoms. The second-order valence-corrected chi connectivity index (χ2v) is 9.84. The third-order valence-corrected chi connectivity index (χ3v) is 7.14. The van der Waals surface area contributed by atoms with E-state index in [-0.39, 0.29) is 23.6 Å². The molecule has 1 saturated heterocycles. The van der Waals surface area contributed by atoms with Crippen molar-refractivity contribution >= 4 is 23.1 Å². The maximum Gasteiger partial charge on any atom is 0.295 e. The molecule has 1 aromatic carbocycles. The molecule has 39 heavy (non-hydrogen) atoms. The number of hydrogen-bond donors (Lipinski definition) is 1. The molecule has 1 amide bonds. The first-order valence-electron chi connectivity index (χ1n) is 13.3. The number of amides is 1. The average Bonchev–Trinajstić information content (AvgIpc) is 3.42.